The molecule has 1 nitrogen and oxygen atoms in total. The SMILES string of the molecule is CC1(C)CCC(C)(C)c2cc(N(c3ccc(-c4ccccc4)cc3)c3ccc4c(c3)C3(c5cc(-c6ccccc6)ccc5-4)C4CC5CC(C4)CC3C5)ccc21. The second-order valence-electron chi connectivity index (χ2n) is 19.3. The number of benzene rings is 6. The summed E-state index contributed by atoms with van der Waals surface area (Å²) < 4.78 is 0. The van der Waals surface area contributed by atoms with Crippen LogP contribution >= 0.6 is 0 Å². The first-order valence-corrected chi connectivity index (χ1v) is 21.1. The third-order valence-electron chi connectivity index (χ3n) is 15.3. The van der Waals surface area contributed by atoms with Crippen LogP contribution in [0.15, 0.2) is 140 Å². The lowest BCUT2D eigenvalue weighted by molar-refractivity contribution is -0.0399. The Labute approximate surface area is 328 Å². The summed E-state index contributed by atoms with van der Waals surface area (Å²) in [4.78, 5) is 2.58. The van der Waals surface area contributed by atoms with Crippen LogP contribution in [-0.2, 0) is 16.2 Å². The molecule has 0 saturated heterocycles. The zero-order valence-electron chi connectivity index (χ0n) is 33.0. The largest absolute Gasteiger partial charge is 0.310 e. The van der Waals surface area contributed by atoms with E-state index in [0.717, 1.165) is 11.8 Å². The van der Waals surface area contributed by atoms with Gasteiger partial charge in [0.2, 0.25) is 0 Å². The minimum Gasteiger partial charge on any atom is -0.310 e. The summed E-state index contributed by atoms with van der Waals surface area (Å²) in [6.45, 7) is 9.78. The third-order valence-corrected chi connectivity index (χ3v) is 15.3. The van der Waals surface area contributed by atoms with E-state index in [4.69, 9.17) is 0 Å². The molecule has 4 saturated carbocycles. The van der Waals surface area contributed by atoms with Gasteiger partial charge in [0.05, 0.1) is 0 Å². The molecule has 0 radical (unpaired) electrons. The van der Waals surface area contributed by atoms with Gasteiger partial charge in [-0.05, 0) is 178 Å². The van der Waals surface area contributed by atoms with Crippen LogP contribution in [0, 0.1) is 23.7 Å². The summed E-state index contributed by atoms with van der Waals surface area (Å²) in [6.07, 6.45) is 9.42. The maximum Gasteiger partial charge on any atom is 0.0465 e. The van der Waals surface area contributed by atoms with Crippen molar-refractivity contribution in [3.8, 4) is 33.4 Å². The number of anilines is 3. The van der Waals surface area contributed by atoms with Gasteiger partial charge < -0.3 is 4.90 Å². The first kappa shape index (κ1) is 33.5. The van der Waals surface area contributed by atoms with Crippen LogP contribution in [0.5, 0.6) is 0 Å². The van der Waals surface area contributed by atoms with E-state index in [1.807, 2.05) is 0 Å². The molecular weight excluding hydrogens is 663 g/mol. The Balaban J connectivity index is 1.11. The molecule has 0 N–H and O–H groups in total. The number of fused-ring (bicyclic) bond motifs is 4. The van der Waals surface area contributed by atoms with Crippen molar-refractivity contribution in [2.45, 2.75) is 88.9 Å². The van der Waals surface area contributed by atoms with Crippen molar-refractivity contribution in [1.29, 1.82) is 0 Å². The van der Waals surface area contributed by atoms with Crippen LogP contribution in [0.4, 0.5) is 17.1 Å². The summed E-state index contributed by atoms with van der Waals surface area (Å²) in [6, 6.07) is 53.7. The lowest BCUT2D eigenvalue weighted by Crippen LogP contribution is -2.55. The molecule has 4 fully saturated rings. The fourth-order valence-corrected chi connectivity index (χ4v) is 12.7. The van der Waals surface area contributed by atoms with E-state index in [2.05, 4.69) is 172 Å². The van der Waals surface area contributed by atoms with Gasteiger partial charge in [0.25, 0.3) is 0 Å². The molecule has 4 bridgehead atoms. The van der Waals surface area contributed by atoms with E-state index in [9.17, 15) is 0 Å². The number of rotatable bonds is 5. The summed E-state index contributed by atoms with van der Waals surface area (Å²) >= 11 is 0. The molecule has 0 amide bonds. The van der Waals surface area contributed by atoms with Crippen molar-refractivity contribution >= 4 is 17.1 Å². The lowest BCUT2D eigenvalue weighted by atomic mass is 9.43. The molecular formula is C54H53N. The van der Waals surface area contributed by atoms with Gasteiger partial charge in [-0.25, -0.2) is 0 Å². The van der Waals surface area contributed by atoms with Crippen LogP contribution in [-0.4, -0.2) is 0 Å². The highest BCUT2D eigenvalue weighted by molar-refractivity contribution is 5.88. The smallest absolute Gasteiger partial charge is 0.0465 e. The van der Waals surface area contributed by atoms with E-state index in [0.29, 0.717) is 11.8 Å². The predicted molar refractivity (Wildman–Crippen MR) is 231 cm³/mol. The quantitative estimate of drug-likeness (QED) is 0.172. The molecule has 0 heterocycles. The molecule has 0 unspecified atom stereocenters. The Morgan fingerprint density at radius 1 is 0.400 bits per heavy atom. The fourth-order valence-electron chi connectivity index (χ4n) is 12.7. The van der Waals surface area contributed by atoms with Gasteiger partial charge in [-0.15, -0.1) is 0 Å². The zero-order valence-corrected chi connectivity index (χ0v) is 33.0. The molecule has 12 rings (SSSR count). The van der Waals surface area contributed by atoms with E-state index in [-0.39, 0.29) is 16.2 Å². The zero-order chi connectivity index (χ0) is 37.1. The first-order valence-electron chi connectivity index (χ1n) is 21.1. The normalized spacial score (nSPS) is 26.0. The van der Waals surface area contributed by atoms with Crippen molar-refractivity contribution in [2.75, 3.05) is 4.90 Å². The highest BCUT2D eigenvalue weighted by Crippen LogP contribution is 2.70. The Bertz CT molecular complexity index is 2400. The van der Waals surface area contributed by atoms with Crippen molar-refractivity contribution in [2.24, 2.45) is 23.7 Å². The molecule has 1 spiro atoms. The van der Waals surface area contributed by atoms with Gasteiger partial charge in [0, 0.05) is 22.5 Å². The van der Waals surface area contributed by atoms with Gasteiger partial charge >= 0.3 is 0 Å². The maximum atomic E-state index is 2.67. The van der Waals surface area contributed by atoms with Crippen LogP contribution in [0.2, 0.25) is 0 Å². The van der Waals surface area contributed by atoms with Gasteiger partial charge in [0.15, 0.2) is 0 Å². The summed E-state index contributed by atoms with van der Waals surface area (Å²) in [5.41, 5.74) is 18.5. The molecule has 6 aliphatic rings. The highest BCUT2D eigenvalue weighted by atomic mass is 15.1. The topological polar surface area (TPSA) is 3.24 Å². The molecule has 6 aliphatic carbocycles. The molecule has 6 aromatic rings. The second-order valence-corrected chi connectivity index (χ2v) is 19.3. The van der Waals surface area contributed by atoms with Crippen LogP contribution in [0.25, 0.3) is 33.4 Å². The minimum atomic E-state index is 0.0730. The molecule has 0 aliphatic heterocycles. The minimum absolute atomic E-state index is 0.0730. The Hall–Kier alpha value is -4.88. The average Bonchev–Trinajstić information content (AvgIpc) is 3.49. The lowest BCUT2D eigenvalue weighted by Gasteiger charge is -2.61. The Kier molecular flexibility index (Phi) is 7.34. The number of hydrogen-bond acceptors (Lipinski definition) is 1. The van der Waals surface area contributed by atoms with Gasteiger partial charge in [-0.1, -0.05) is 125 Å². The second kappa shape index (κ2) is 12.1. The number of nitrogens with zero attached hydrogens (tertiary/aromatic N) is 1. The highest BCUT2D eigenvalue weighted by Gasteiger charge is 2.61. The van der Waals surface area contributed by atoms with Crippen molar-refractivity contribution in [3.63, 3.8) is 0 Å². The van der Waals surface area contributed by atoms with Crippen LogP contribution < -0.4 is 4.90 Å². The molecule has 6 aromatic carbocycles. The molecule has 1 heteroatoms. The average molecular weight is 716 g/mol. The molecule has 0 aromatic heterocycles. The maximum absolute atomic E-state index is 2.67. The van der Waals surface area contributed by atoms with E-state index in [1.165, 1.54) is 107 Å². The number of hydrogen-bond donors (Lipinski definition) is 0. The van der Waals surface area contributed by atoms with Crippen molar-refractivity contribution in [1.82, 2.24) is 0 Å². The predicted octanol–water partition coefficient (Wildman–Crippen LogP) is 14.6. The third kappa shape index (κ3) is 5.04. The fraction of sp³-hybridized carbons (Fsp3) is 0.333. The van der Waals surface area contributed by atoms with Crippen molar-refractivity contribution in [3.05, 3.63) is 162 Å². The molecule has 55 heavy (non-hydrogen) atoms. The standard InChI is InChI=1S/C54H53N/c1-52(2)25-26-53(3,4)51-34-45(21-24-48(51)52)55(43-18-15-39(16-19-43)37-11-7-5-8-12-37)44-20-23-47-46-22-17-40(38-13-9-6-10-14-38)32-49(46)54(50(47)33-44)41-28-35-27-36(30-41)31-42(54)29-35/h5-24,32-36,41-42H,25-31H2,1-4H3. The van der Waals surface area contributed by atoms with Gasteiger partial charge in [0.1, 0.15) is 0 Å². The molecule has 274 valence electrons. The first-order chi connectivity index (χ1) is 26.7. The van der Waals surface area contributed by atoms with E-state index in [1.54, 1.807) is 11.1 Å². The summed E-state index contributed by atoms with van der Waals surface area (Å²) in [5.74, 6) is 3.22. The molecule has 0 atom stereocenters. The monoisotopic (exact) mass is 715 g/mol. The van der Waals surface area contributed by atoms with E-state index < -0.39 is 0 Å². The van der Waals surface area contributed by atoms with Gasteiger partial charge in [-0.2, -0.15) is 0 Å². The van der Waals surface area contributed by atoms with E-state index >= 15 is 0 Å². The Morgan fingerprint density at radius 2 is 0.855 bits per heavy atom. The Morgan fingerprint density at radius 3 is 1.47 bits per heavy atom. The van der Waals surface area contributed by atoms with Crippen LogP contribution in [0.3, 0.4) is 0 Å². The summed E-state index contributed by atoms with van der Waals surface area (Å²) in [5, 5.41) is 0. The summed E-state index contributed by atoms with van der Waals surface area (Å²) in [7, 11) is 0. The van der Waals surface area contributed by atoms with Crippen LogP contribution in [0.1, 0.15) is 94.9 Å². The van der Waals surface area contributed by atoms with Gasteiger partial charge in [-0.3, -0.25) is 0 Å². The van der Waals surface area contributed by atoms with Crippen molar-refractivity contribution < 1.29 is 0 Å².